The molecule has 2 aliphatic heterocycles. The van der Waals surface area contributed by atoms with Gasteiger partial charge in [0, 0.05) is 31.4 Å². The number of carbonyl (C=O) groups is 1. The van der Waals surface area contributed by atoms with Crippen LogP contribution in [0.4, 0.5) is 0 Å². The summed E-state index contributed by atoms with van der Waals surface area (Å²) < 4.78 is 5.31. The van der Waals surface area contributed by atoms with E-state index >= 15 is 0 Å². The molecule has 0 saturated carbocycles. The summed E-state index contributed by atoms with van der Waals surface area (Å²) in [6, 6.07) is 0.0275. The third-order valence-electron chi connectivity index (χ3n) is 3.23. The van der Waals surface area contributed by atoms with Gasteiger partial charge >= 0.3 is 0 Å². The van der Waals surface area contributed by atoms with E-state index in [4.69, 9.17) is 4.74 Å². The van der Waals surface area contributed by atoms with Crippen molar-refractivity contribution < 1.29 is 9.53 Å². The van der Waals surface area contributed by atoms with Crippen molar-refractivity contribution >= 4 is 17.7 Å². The molecule has 92 valence electrons. The molecule has 2 fully saturated rings. The number of rotatable bonds is 4. The summed E-state index contributed by atoms with van der Waals surface area (Å²) in [5, 5.41) is 6.19. The molecule has 4 nitrogen and oxygen atoms in total. The number of amides is 1. The van der Waals surface area contributed by atoms with Crippen LogP contribution in [0.1, 0.15) is 19.3 Å². The first-order valence-corrected chi connectivity index (χ1v) is 7.18. The Morgan fingerprint density at radius 3 is 2.94 bits per heavy atom. The molecule has 1 atom stereocenters. The molecule has 0 aliphatic carbocycles. The summed E-state index contributed by atoms with van der Waals surface area (Å²) in [7, 11) is 0. The summed E-state index contributed by atoms with van der Waals surface area (Å²) in [4.78, 5) is 11.7. The smallest absolute Gasteiger partial charge is 0.238 e. The van der Waals surface area contributed by atoms with E-state index in [1.54, 1.807) is 11.8 Å². The van der Waals surface area contributed by atoms with Gasteiger partial charge in [0.25, 0.3) is 0 Å². The van der Waals surface area contributed by atoms with Crippen molar-refractivity contribution in [2.75, 3.05) is 31.4 Å². The predicted molar refractivity (Wildman–Crippen MR) is 65.4 cm³/mol. The van der Waals surface area contributed by atoms with Crippen LogP contribution >= 0.6 is 11.8 Å². The van der Waals surface area contributed by atoms with Crippen molar-refractivity contribution in [1.82, 2.24) is 10.6 Å². The summed E-state index contributed by atoms with van der Waals surface area (Å²) in [6.45, 7) is 2.59. The average Bonchev–Trinajstić information content (AvgIpc) is 2.84. The highest BCUT2D eigenvalue weighted by molar-refractivity contribution is 7.99. The molecule has 2 rings (SSSR count). The number of hydrogen-bond acceptors (Lipinski definition) is 4. The highest BCUT2D eigenvalue weighted by Gasteiger charge is 2.22. The number of thioether (sulfide) groups is 1. The van der Waals surface area contributed by atoms with Gasteiger partial charge in [0.05, 0.1) is 6.04 Å². The van der Waals surface area contributed by atoms with Crippen LogP contribution < -0.4 is 10.6 Å². The highest BCUT2D eigenvalue weighted by atomic mass is 32.2. The molecule has 0 aromatic carbocycles. The second-order valence-corrected chi connectivity index (χ2v) is 5.44. The maximum absolute atomic E-state index is 11.7. The molecule has 0 aromatic heterocycles. The molecule has 1 amide bonds. The van der Waals surface area contributed by atoms with Crippen molar-refractivity contribution in [2.24, 2.45) is 5.92 Å². The van der Waals surface area contributed by atoms with E-state index in [0.717, 1.165) is 56.6 Å². The van der Waals surface area contributed by atoms with Gasteiger partial charge in [-0.2, -0.15) is 0 Å². The van der Waals surface area contributed by atoms with Gasteiger partial charge in [-0.15, -0.1) is 11.8 Å². The molecule has 0 aromatic rings. The van der Waals surface area contributed by atoms with Gasteiger partial charge in [-0.1, -0.05) is 0 Å². The predicted octanol–water partition coefficient (Wildman–Crippen LogP) is 0.582. The van der Waals surface area contributed by atoms with Crippen molar-refractivity contribution in [1.29, 1.82) is 0 Å². The van der Waals surface area contributed by atoms with Gasteiger partial charge in [0.1, 0.15) is 0 Å². The number of carbonyl (C=O) groups excluding carboxylic acids is 1. The van der Waals surface area contributed by atoms with Crippen molar-refractivity contribution in [3.8, 4) is 0 Å². The minimum absolute atomic E-state index is 0.0275. The second-order valence-electron chi connectivity index (χ2n) is 4.41. The molecular weight excluding hydrogens is 224 g/mol. The Labute approximate surface area is 101 Å². The standard InChI is InChI=1S/C11H20N2O2S/c14-11(10-7-16-8-13-10)12-4-1-9-2-5-15-6-3-9/h9-10,13H,1-8H2,(H,12,14). The lowest BCUT2D eigenvalue weighted by Gasteiger charge is -2.22. The first-order valence-electron chi connectivity index (χ1n) is 6.03. The largest absolute Gasteiger partial charge is 0.381 e. The third kappa shape index (κ3) is 3.64. The molecule has 2 aliphatic rings. The summed E-state index contributed by atoms with van der Waals surface area (Å²) in [5.74, 6) is 2.71. The fraction of sp³-hybridized carbons (Fsp3) is 0.909. The lowest BCUT2D eigenvalue weighted by atomic mass is 9.97. The van der Waals surface area contributed by atoms with Gasteiger partial charge in [0.15, 0.2) is 0 Å². The number of hydrogen-bond donors (Lipinski definition) is 2. The molecule has 5 heteroatoms. The Bertz CT molecular complexity index is 226. The molecule has 0 spiro atoms. The van der Waals surface area contributed by atoms with Crippen LogP contribution in [0.25, 0.3) is 0 Å². The van der Waals surface area contributed by atoms with E-state index in [1.165, 1.54) is 0 Å². The van der Waals surface area contributed by atoms with Crippen molar-refractivity contribution in [3.05, 3.63) is 0 Å². The Kier molecular flexibility index (Phi) is 4.93. The zero-order chi connectivity index (χ0) is 11.2. The van der Waals surface area contributed by atoms with Gasteiger partial charge in [-0.3, -0.25) is 10.1 Å². The van der Waals surface area contributed by atoms with E-state index in [0.29, 0.717) is 0 Å². The van der Waals surface area contributed by atoms with E-state index in [1.807, 2.05) is 0 Å². The summed E-state index contributed by atoms with van der Waals surface area (Å²) >= 11 is 1.78. The fourth-order valence-corrected chi connectivity index (χ4v) is 3.06. The first kappa shape index (κ1) is 12.2. The van der Waals surface area contributed by atoms with Gasteiger partial charge in [-0.05, 0) is 25.2 Å². The van der Waals surface area contributed by atoms with Crippen LogP contribution in [-0.2, 0) is 9.53 Å². The normalized spacial score (nSPS) is 26.9. The average molecular weight is 244 g/mol. The van der Waals surface area contributed by atoms with E-state index < -0.39 is 0 Å². The van der Waals surface area contributed by atoms with E-state index in [-0.39, 0.29) is 11.9 Å². The molecule has 16 heavy (non-hydrogen) atoms. The lowest BCUT2D eigenvalue weighted by molar-refractivity contribution is -0.122. The Morgan fingerprint density at radius 1 is 1.44 bits per heavy atom. The zero-order valence-corrected chi connectivity index (χ0v) is 10.4. The maximum Gasteiger partial charge on any atom is 0.238 e. The fourth-order valence-electron chi connectivity index (χ4n) is 2.12. The molecule has 0 bridgehead atoms. The monoisotopic (exact) mass is 244 g/mol. The summed E-state index contributed by atoms with van der Waals surface area (Å²) in [5.41, 5.74) is 0. The van der Waals surface area contributed by atoms with Gasteiger partial charge < -0.3 is 10.1 Å². The lowest BCUT2D eigenvalue weighted by Crippen LogP contribution is -2.42. The van der Waals surface area contributed by atoms with Gasteiger partial charge in [0.2, 0.25) is 5.91 Å². The van der Waals surface area contributed by atoms with Crippen LogP contribution in [0.2, 0.25) is 0 Å². The molecule has 2 saturated heterocycles. The number of ether oxygens (including phenoxy) is 1. The minimum Gasteiger partial charge on any atom is -0.381 e. The van der Waals surface area contributed by atoms with Crippen LogP contribution in [0.5, 0.6) is 0 Å². The third-order valence-corrected chi connectivity index (χ3v) is 4.17. The Hall–Kier alpha value is -0.260. The minimum atomic E-state index is 0.0275. The quantitative estimate of drug-likeness (QED) is 0.759. The van der Waals surface area contributed by atoms with Gasteiger partial charge in [-0.25, -0.2) is 0 Å². The molecule has 2 heterocycles. The van der Waals surface area contributed by atoms with Crippen LogP contribution in [0.15, 0.2) is 0 Å². The van der Waals surface area contributed by atoms with Crippen LogP contribution in [-0.4, -0.2) is 43.3 Å². The highest BCUT2D eigenvalue weighted by Crippen LogP contribution is 2.17. The summed E-state index contributed by atoms with van der Waals surface area (Å²) in [6.07, 6.45) is 3.38. The number of nitrogens with one attached hydrogen (secondary N) is 2. The van der Waals surface area contributed by atoms with Crippen molar-refractivity contribution in [2.45, 2.75) is 25.3 Å². The SMILES string of the molecule is O=C(NCCC1CCOCC1)C1CSCN1. The molecule has 0 radical (unpaired) electrons. The van der Waals surface area contributed by atoms with E-state index in [2.05, 4.69) is 10.6 Å². The zero-order valence-electron chi connectivity index (χ0n) is 9.54. The van der Waals surface area contributed by atoms with Crippen LogP contribution in [0.3, 0.4) is 0 Å². The molecular formula is C11H20N2O2S. The Balaban J connectivity index is 1.57. The first-order chi connectivity index (χ1) is 7.86. The Morgan fingerprint density at radius 2 is 2.25 bits per heavy atom. The van der Waals surface area contributed by atoms with E-state index in [9.17, 15) is 4.79 Å². The molecule has 2 N–H and O–H groups in total. The second kappa shape index (κ2) is 6.47. The molecule has 1 unspecified atom stereocenters. The van der Waals surface area contributed by atoms with Crippen LogP contribution in [0, 0.1) is 5.92 Å². The van der Waals surface area contributed by atoms with Crippen molar-refractivity contribution in [3.63, 3.8) is 0 Å². The maximum atomic E-state index is 11.7. The topological polar surface area (TPSA) is 50.4 Å².